The molecule has 0 heteroatoms. The third-order valence-electron chi connectivity index (χ3n) is 7.16. The summed E-state index contributed by atoms with van der Waals surface area (Å²) in [6, 6.07) is 25.4. The van der Waals surface area contributed by atoms with Gasteiger partial charge in [-0.05, 0) is 77.0 Å². The first-order chi connectivity index (χ1) is 15.5. The average molecular weight is 423 g/mol. The van der Waals surface area contributed by atoms with Gasteiger partial charge in [-0.15, -0.1) is 0 Å². The zero-order chi connectivity index (χ0) is 22.5. The van der Waals surface area contributed by atoms with Crippen LogP contribution < -0.4 is 0 Å². The summed E-state index contributed by atoms with van der Waals surface area (Å²) in [5.74, 6) is 1.19. The first-order valence-electron chi connectivity index (χ1n) is 12.5. The number of hydrogen-bond donors (Lipinski definition) is 0. The fraction of sp³-hybridized carbons (Fsp3) is 0.375. The zero-order valence-corrected chi connectivity index (χ0v) is 20.2. The molecule has 3 aromatic carbocycles. The molecule has 166 valence electrons. The van der Waals surface area contributed by atoms with E-state index >= 15 is 0 Å². The maximum Gasteiger partial charge on any atom is -0.00254 e. The van der Waals surface area contributed by atoms with Gasteiger partial charge in [-0.3, -0.25) is 0 Å². The van der Waals surface area contributed by atoms with Gasteiger partial charge in [0.2, 0.25) is 0 Å². The summed E-state index contributed by atoms with van der Waals surface area (Å²) in [6.07, 6.45) is 9.19. The average Bonchev–Trinajstić information content (AvgIpc) is 3.09. The Morgan fingerprint density at radius 1 is 0.781 bits per heavy atom. The molecule has 3 aromatic rings. The van der Waals surface area contributed by atoms with Crippen LogP contribution in [0.4, 0.5) is 0 Å². The molecule has 1 saturated carbocycles. The molecule has 0 bridgehead atoms. The molecule has 1 aliphatic carbocycles. The molecular formula is C32H38. The lowest BCUT2D eigenvalue weighted by Crippen LogP contribution is -2.00. The van der Waals surface area contributed by atoms with Crippen LogP contribution in [-0.4, -0.2) is 0 Å². The highest BCUT2D eigenvalue weighted by molar-refractivity contribution is 5.67. The monoisotopic (exact) mass is 422 g/mol. The summed E-state index contributed by atoms with van der Waals surface area (Å²) in [5, 5.41) is 0. The van der Waals surface area contributed by atoms with Crippen LogP contribution >= 0.6 is 0 Å². The SMILES string of the molecule is C=C(c1ccc(Cc2cc(-c3ccc(C)cc3)cc(C3CCCCCC3)c2)cc1)C(C)C. The fourth-order valence-electron chi connectivity index (χ4n) is 4.99. The Kier molecular flexibility index (Phi) is 7.30. The third-order valence-corrected chi connectivity index (χ3v) is 7.16. The lowest BCUT2D eigenvalue weighted by molar-refractivity contribution is 0.592. The first-order valence-corrected chi connectivity index (χ1v) is 12.5. The van der Waals surface area contributed by atoms with E-state index in [0.29, 0.717) is 11.8 Å². The van der Waals surface area contributed by atoms with Crippen LogP contribution in [0.15, 0.2) is 73.3 Å². The van der Waals surface area contributed by atoms with E-state index in [1.54, 1.807) is 5.56 Å². The van der Waals surface area contributed by atoms with Crippen LogP contribution in [0.5, 0.6) is 0 Å². The van der Waals surface area contributed by atoms with Crippen LogP contribution in [-0.2, 0) is 6.42 Å². The minimum absolute atomic E-state index is 0.481. The van der Waals surface area contributed by atoms with Gasteiger partial charge in [0.05, 0.1) is 0 Å². The van der Waals surface area contributed by atoms with E-state index in [9.17, 15) is 0 Å². The van der Waals surface area contributed by atoms with Crippen LogP contribution in [0.25, 0.3) is 16.7 Å². The normalized spacial score (nSPS) is 15.0. The maximum atomic E-state index is 4.26. The van der Waals surface area contributed by atoms with E-state index in [-0.39, 0.29) is 0 Å². The Balaban J connectivity index is 1.65. The number of hydrogen-bond acceptors (Lipinski definition) is 0. The van der Waals surface area contributed by atoms with E-state index in [4.69, 9.17) is 0 Å². The highest BCUT2D eigenvalue weighted by Crippen LogP contribution is 2.35. The van der Waals surface area contributed by atoms with Gasteiger partial charge in [-0.1, -0.05) is 118 Å². The Bertz CT molecular complexity index is 1030. The molecular weight excluding hydrogens is 384 g/mol. The second-order valence-electron chi connectivity index (χ2n) is 10.1. The zero-order valence-electron chi connectivity index (χ0n) is 20.2. The Hall–Kier alpha value is -2.60. The lowest BCUT2D eigenvalue weighted by Gasteiger charge is -2.18. The Morgan fingerprint density at radius 3 is 2.06 bits per heavy atom. The second kappa shape index (κ2) is 10.3. The number of benzene rings is 3. The molecule has 1 fully saturated rings. The molecule has 1 aliphatic rings. The van der Waals surface area contributed by atoms with Gasteiger partial charge in [0.15, 0.2) is 0 Å². The van der Waals surface area contributed by atoms with Gasteiger partial charge < -0.3 is 0 Å². The van der Waals surface area contributed by atoms with Gasteiger partial charge in [0.25, 0.3) is 0 Å². The van der Waals surface area contributed by atoms with Crippen molar-refractivity contribution in [3.63, 3.8) is 0 Å². The maximum absolute atomic E-state index is 4.26. The van der Waals surface area contributed by atoms with Gasteiger partial charge in [-0.25, -0.2) is 0 Å². The molecule has 0 unspecified atom stereocenters. The van der Waals surface area contributed by atoms with Crippen molar-refractivity contribution in [3.05, 3.63) is 101 Å². The third kappa shape index (κ3) is 5.60. The van der Waals surface area contributed by atoms with Crippen molar-refractivity contribution in [3.8, 4) is 11.1 Å². The Morgan fingerprint density at radius 2 is 1.44 bits per heavy atom. The summed E-state index contributed by atoms with van der Waals surface area (Å²) in [4.78, 5) is 0. The molecule has 0 spiro atoms. The molecule has 0 radical (unpaired) electrons. The predicted molar refractivity (Wildman–Crippen MR) is 140 cm³/mol. The predicted octanol–water partition coefficient (Wildman–Crippen LogP) is 9.36. The molecule has 0 atom stereocenters. The standard InChI is InChI=1S/C32H38/c1-23(2)25(4)28-17-13-26(14-18-28)19-27-20-31(29-9-7-5-6-8-10-29)22-32(21-27)30-15-11-24(3)12-16-30/h11-18,20-23,29H,4-10,19H2,1-3H3. The molecule has 0 N–H and O–H groups in total. The van der Waals surface area contributed by atoms with Gasteiger partial charge >= 0.3 is 0 Å². The van der Waals surface area contributed by atoms with Crippen molar-refractivity contribution in [2.75, 3.05) is 0 Å². The summed E-state index contributed by atoms with van der Waals surface area (Å²) in [7, 11) is 0. The van der Waals surface area contributed by atoms with Crippen molar-refractivity contribution in [2.24, 2.45) is 5.92 Å². The van der Waals surface area contributed by atoms with Gasteiger partial charge in [0, 0.05) is 0 Å². The summed E-state index contributed by atoms with van der Waals surface area (Å²) >= 11 is 0. The molecule has 0 aromatic heterocycles. The number of aryl methyl sites for hydroxylation is 1. The molecule has 0 amide bonds. The van der Waals surface area contributed by atoms with Crippen LogP contribution in [0, 0.1) is 12.8 Å². The van der Waals surface area contributed by atoms with Gasteiger partial charge in [-0.2, -0.15) is 0 Å². The van der Waals surface area contributed by atoms with Crippen molar-refractivity contribution in [1.82, 2.24) is 0 Å². The fourth-order valence-corrected chi connectivity index (χ4v) is 4.99. The summed E-state index contributed by atoms with van der Waals surface area (Å²) < 4.78 is 0. The molecule has 4 rings (SSSR count). The van der Waals surface area contributed by atoms with E-state index in [0.717, 1.165) is 6.42 Å². The lowest BCUT2D eigenvalue weighted by atomic mass is 9.87. The second-order valence-corrected chi connectivity index (χ2v) is 10.1. The van der Waals surface area contributed by atoms with Crippen LogP contribution in [0.2, 0.25) is 0 Å². The molecule has 32 heavy (non-hydrogen) atoms. The summed E-state index contributed by atoms with van der Waals surface area (Å²) in [6.45, 7) is 10.8. The number of rotatable bonds is 6. The topological polar surface area (TPSA) is 0 Å². The van der Waals surface area contributed by atoms with Crippen molar-refractivity contribution >= 4 is 5.57 Å². The van der Waals surface area contributed by atoms with Crippen LogP contribution in [0.3, 0.4) is 0 Å². The highest BCUT2D eigenvalue weighted by atomic mass is 14.2. The summed E-state index contributed by atoms with van der Waals surface area (Å²) in [5.41, 5.74) is 10.8. The smallest absolute Gasteiger partial charge is 0.00254 e. The highest BCUT2D eigenvalue weighted by Gasteiger charge is 2.16. The van der Waals surface area contributed by atoms with Crippen molar-refractivity contribution in [1.29, 1.82) is 0 Å². The van der Waals surface area contributed by atoms with Crippen molar-refractivity contribution in [2.45, 2.75) is 71.6 Å². The molecule has 0 nitrogen and oxygen atoms in total. The quantitative estimate of drug-likeness (QED) is 0.347. The molecule has 0 saturated heterocycles. The van der Waals surface area contributed by atoms with E-state index in [1.807, 2.05) is 0 Å². The van der Waals surface area contributed by atoms with Gasteiger partial charge in [0.1, 0.15) is 0 Å². The van der Waals surface area contributed by atoms with E-state index in [1.165, 1.54) is 77.5 Å². The van der Waals surface area contributed by atoms with E-state index < -0.39 is 0 Å². The number of allylic oxidation sites excluding steroid dienone is 1. The minimum Gasteiger partial charge on any atom is -0.0950 e. The minimum atomic E-state index is 0.481. The van der Waals surface area contributed by atoms with Crippen molar-refractivity contribution < 1.29 is 0 Å². The Labute approximate surface area is 195 Å². The first kappa shape index (κ1) is 22.6. The molecule has 0 aliphatic heterocycles. The molecule has 0 heterocycles. The van der Waals surface area contributed by atoms with E-state index in [2.05, 4.69) is 94.1 Å². The largest absolute Gasteiger partial charge is 0.0950 e. The van der Waals surface area contributed by atoms with Crippen LogP contribution in [0.1, 0.15) is 86.1 Å².